The summed E-state index contributed by atoms with van der Waals surface area (Å²) in [7, 11) is 0. The third-order valence-electron chi connectivity index (χ3n) is 3.36. The molecule has 0 heterocycles. The van der Waals surface area contributed by atoms with E-state index >= 15 is 0 Å². The molecule has 18 heavy (non-hydrogen) atoms. The highest BCUT2D eigenvalue weighted by Gasteiger charge is 2.29. The van der Waals surface area contributed by atoms with Crippen LogP contribution in [0.4, 0.5) is 0 Å². The van der Waals surface area contributed by atoms with Gasteiger partial charge in [0.15, 0.2) is 0 Å². The van der Waals surface area contributed by atoms with Crippen LogP contribution in [0.2, 0.25) is 0 Å². The number of benzene rings is 1. The second-order valence-electron chi connectivity index (χ2n) is 5.36. The maximum absolute atomic E-state index is 11.0. The minimum Gasteiger partial charge on any atom is -0.492 e. The standard InChI is InChI=1S/C14H18O4/c1-14(2,13(16)17)8-18-12-5-3-4-9-10(12)6-7-11(9)15/h3-5,11,15H,6-8H2,1-2H3,(H,16,17). The van der Waals surface area contributed by atoms with Crippen molar-refractivity contribution in [2.75, 3.05) is 6.61 Å². The molecule has 0 saturated heterocycles. The summed E-state index contributed by atoms with van der Waals surface area (Å²) in [6.07, 6.45) is 1.06. The second-order valence-corrected chi connectivity index (χ2v) is 5.36. The van der Waals surface area contributed by atoms with E-state index in [0.717, 1.165) is 17.5 Å². The van der Waals surface area contributed by atoms with E-state index in [1.54, 1.807) is 13.8 Å². The summed E-state index contributed by atoms with van der Waals surface area (Å²) in [4.78, 5) is 11.0. The van der Waals surface area contributed by atoms with Gasteiger partial charge in [0.1, 0.15) is 12.4 Å². The summed E-state index contributed by atoms with van der Waals surface area (Å²) in [5.74, 6) is -0.187. The lowest BCUT2D eigenvalue weighted by Crippen LogP contribution is -2.30. The van der Waals surface area contributed by atoms with Gasteiger partial charge in [0.2, 0.25) is 0 Å². The van der Waals surface area contributed by atoms with Crippen molar-refractivity contribution in [3.05, 3.63) is 29.3 Å². The Balaban J connectivity index is 2.15. The van der Waals surface area contributed by atoms with Crippen LogP contribution < -0.4 is 4.74 Å². The maximum Gasteiger partial charge on any atom is 0.312 e. The summed E-state index contributed by atoms with van der Waals surface area (Å²) in [6.45, 7) is 3.38. The fourth-order valence-corrected chi connectivity index (χ4v) is 2.05. The molecule has 0 radical (unpaired) electrons. The van der Waals surface area contributed by atoms with Crippen LogP contribution in [0.3, 0.4) is 0 Å². The first-order chi connectivity index (χ1) is 8.42. The highest BCUT2D eigenvalue weighted by molar-refractivity contribution is 5.73. The number of fused-ring (bicyclic) bond motifs is 1. The van der Waals surface area contributed by atoms with Gasteiger partial charge in [-0.25, -0.2) is 0 Å². The molecule has 1 atom stereocenters. The summed E-state index contributed by atoms with van der Waals surface area (Å²) in [5, 5.41) is 18.8. The topological polar surface area (TPSA) is 66.8 Å². The Hall–Kier alpha value is -1.55. The molecule has 1 unspecified atom stereocenters. The smallest absolute Gasteiger partial charge is 0.312 e. The number of aliphatic hydroxyl groups excluding tert-OH is 1. The largest absolute Gasteiger partial charge is 0.492 e. The van der Waals surface area contributed by atoms with Crippen molar-refractivity contribution in [3.63, 3.8) is 0 Å². The van der Waals surface area contributed by atoms with Crippen LogP contribution in [0.5, 0.6) is 5.75 Å². The normalized spacial score (nSPS) is 18.5. The molecule has 0 fully saturated rings. The van der Waals surface area contributed by atoms with Gasteiger partial charge in [-0.05, 0) is 38.3 Å². The van der Waals surface area contributed by atoms with Crippen molar-refractivity contribution < 1.29 is 19.7 Å². The number of aliphatic hydroxyl groups is 1. The molecule has 0 spiro atoms. The van der Waals surface area contributed by atoms with Gasteiger partial charge in [-0.15, -0.1) is 0 Å². The van der Waals surface area contributed by atoms with Crippen LogP contribution in [-0.2, 0) is 11.2 Å². The van der Waals surface area contributed by atoms with Crippen molar-refractivity contribution in [1.29, 1.82) is 0 Å². The number of hydrogen-bond donors (Lipinski definition) is 2. The molecule has 0 bridgehead atoms. The average Bonchev–Trinajstić information content (AvgIpc) is 2.69. The zero-order valence-corrected chi connectivity index (χ0v) is 10.6. The van der Waals surface area contributed by atoms with Crippen molar-refractivity contribution >= 4 is 5.97 Å². The molecule has 4 heteroatoms. The van der Waals surface area contributed by atoms with Crippen molar-refractivity contribution in [3.8, 4) is 5.75 Å². The Labute approximate surface area is 106 Å². The number of carboxylic acid groups (broad SMARTS) is 1. The summed E-state index contributed by atoms with van der Waals surface area (Å²) >= 11 is 0. The van der Waals surface area contributed by atoms with Gasteiger partial charge < -0.3 is 14.9 Å². The van der Waals surface area contributed by atoms with Crippen LogP contribution in [0, 0.1) is 5.41 Å². The molecule has 1 aromatic rings. The number of aliphatic carboxylic acids is 1. The van der Waals surface area contributed by atoms with Crippen LogP contribution >= 0.6 is 0 Å². The Morgan fingerprint density at radius 3 is 2.89 bits per heavy atom. The average molecular weight is 250 g/mol. The van der Waals surface area contributed by atoms with E-state index in [2.05, 4.69) is 0 Å². The van der Waals surface area contributed by atoms with Crippen LogP contribution in [0.25, 0.3) is 0 Å². The predicted octanol–water partition coefficient (Wildman–Crippen LogP) is 2.16. The summed E-state index contributed by atoms with van der Waals surface area (Å²) in [6, 6.07) is 5.55. The molecule has 98 valence electrons. The van der Waals surface area contributed by atoms with Gasteiger partial charge in [-0.2, -0.15) is 0 Å². The molecule has 1 aromatic carbocycles. The third kappa shape index (κ3) is 2.34. The van der Waals surface area contributed by atoms with Crippen molar-refractivity contribution in [2.24, 2.45) is 5.41 Å². The molecular weight excluding hydrogens is 232 g/mol. The van der Waals surface area contributed by atoms with E-state index in [9.17, 15) is 9.90 Å². The lowest BCUT2D eigenvalue weighted by Gasteiger charge is -2.20. The number of hydrogen-bond acceptors (Lipinski definition) is 3. The zero-order chi connectivity index (χ0) is 13.3. The van der Waals surface area contributed by atoms with E-state index in [0.29, 0.717) is 12.2 Å². The first-order valence-corrected chi connectivity index (χ1v) is 6.08. The van der Waals surface area contributed by atoms with E-state index in [4.69, 9.17) is 9.84 Å². The maximum atomic E-state index is 11.0. The number of carbonyl (C=O) groups is 1. The highest BCUT2D eigenvalue weighted by Crippen LogP contribution is 2.37. The van der Waals surface area contributed by atoms with Gasteiger partial charge >= 0.3 is 5.97 Å². The Kier molecular flexibility index (Phi) is 3.30. The minimum atomic E-state index is -0.917. The Morgan fingerprint density at radius 2 is 2.22 bits per heavy atom. The fourth-order valence-electron chi connectivity index (χ4n) is 2.05. The number of ether oxygens (including phenoxy) is 1. The quantitative estimate of drug-likeness (QED) is 0.859. The number of carboxylic acids is 1. The van der Waals surface area contributed by atoms with E-state index in [1.807, 2.05) is 18.2 Å². The Morgan fingerprint density at radius 1 is 1.50 bits per heavy atom. The zero-order valence-electron chi connectivity index (χ0n) is 10.6. The molecule has 0 aromatic heterocycles. The third-order valence-corrected chi connectivity index (χ3v) is 3.36. The minimum absolute atomic E-state index is 0.120. The second kappa shape index (κ2) is 4.61. The van der Waals surface area contributed by atoms with Gasteiger partial charge in [0.05, 0.1) is 11.5 Å². The highest BCUT2D eigenvalue weighted by atomic mass is 16.5. The van der Waals surface area contributed by atoms with Crippen LogP contribution in [0.15, 0.2) is 18.2 Å². The molecule has 1 aliphatic rings. The van der Waals surface area contributed by atoms with Crippen molar-refractivity contribution in [1.82, 2.24) is 0 Å². The van der Waals surface area contributed by atoms with Gasteiger partial charge in [-0.1, -0.05) is 12.1 Å². The first kappa shape index (κ1) is 12.9. The number of rotatable bonds is 4. The molecule has 4 nitrogen and oxygen atoms in total. The molecule has 0 aliphatic heterocycles. The van der Waals surface area contributed by atoms with Crippen LogP contribution in [0.1, 0.15) is 37.5 Å². The molecule has 0 amide bonds. The van der Waals surface area contributed by atoms with E-state index in [1.165, 1.54) is 0 Å². The van der Waals surface area contributed by atoms with E-state index < -0.39 is 17.5 Å². The lowest BCUT2D eigenvalue weighted by molar-refractivity contribution is -0.148. The monoisotopic (exact) mass is 250 g/mol. The summed E-state index contributed by atoms with van der Waals surface area (Å²) < 4.78 is 5.63. The fraction of sp³-hybridized carbons (Fsp3) is 0.500. The molecule has 1 aliphatic carbocycles. The van der Waals surface area contributed by atoms with Gasteiger partial charge in [0.25, 0.3) is 0 Å². The van der Waals surface area contributed by atoms with Crippen molar-refractivity contribution in [2.45, 2.75) is 32.8 Å². The molecule has 2 N–H and O–H groups in total. The molecule has 2 rings (SSSR count). The lowest BCUT2D eigenvalue weighted by atomic mass is 9.95. The SMILES string of the molecule is CC(C)(COc1cccc2c1CCC2O)C(=O)O. The first-order valence-electron chi connectivity index (χ1n) is 6.08. The molecule has 0 saturated carbocycles. The van der Waals surface area contributed by atoms with Crippen LogP contribution in [-0.4, -0.2) is 22.8 Å². The predicted molar refractivity (Wildman–Crippen MR) is 66.6 cm³/mol. The van der Waals surface area contributed by atoms with E-state index in [-0.39, 0.29) is 6.61 Å². The van der Waals surface area contributed by atoms with Gasteiger partial charge in [0, 0.05) is 5.56 Å². The molecular formula is C14H18O4. The summed E-state index contributed by atoms with van der Waals surface area (Å²) in [5.41, 5.74) is 0.992. The Bertz CT molecular complexity index is 465. The van der Waals surface area contributed by atoms with Gasteiger partial charge in [-0.3, -0.25) is 4.79 Å².